The smallest absolute Gasteiger partial charge is 0.331 e. The molecule has 0 N–H and O–H groups in total. The molecule has 1 saturated heterocycles. The van der Waals surface area contributed by atoms with E-state index in [2.05, 4.69) is 26.4 Å². The summed E-state index contributed by atoms with van der Waals surface area (Å²) < 4.78 is 42.7. The van der Waals surface area contributed by atoms with Crippen molar-refractivity contribution in [2.45, 2.75) is 57.3 Å². The molecule has 0 aromatic carbocycles. The highest BCUT2D eigenvalue weighted by Crippen LogP contribution is 2.62. The number of aryl methyl sites for hydroxylation is 1. The number of hydrogen-bond donors (Lipinski definition) is 0. The van der Waals surface area contributed by atoms with Crippen LogP contribution in [0.15, 0.2) is 18.5 Å². The highest BCUT2D eigenvalue weighted by atomic mass is 19.4. The summed E-state index contributed by atoms with van der Waals surface area (Å²) in [5.74, 6) is 3.09. The molecule has 4 atom stereocenters. The van der Waals surface area contributed by atoms with Crippen molar-refractivity contribution in [1.29, 1.82) is 0 Å². The lowest BCUT2D eigenvalue weighted by Crippen LogP contribution is -2.48. The van der Waals surface area contributed by atoms with Crippen LogP contribution in [-0.2, 0) is 12.6 Å². The van der Waals surface area contributed by atoms with E-state index >= 15 is 0 Å². The molecule has 8 heteroatoms. The van der Waals surface area contributed by atoms with E-state index in [1.165, 1.54) is 44.9 Å². The second-order valence-electron chi connectivity index (χ2n) is 10.7. The van der Waals surface area contributed by atoms with E-state index in [-0.39, 0.29) is 5.69 Å². The molecule has 33 heavy (non-hydrogen) atoms. The van der Waals surface area contributed by atoms with Gasteiger partial charge in [-0.3, -0.25) is 9.88 Å². The van der Waals surface area contributed by atoms with E-state index < -0.39 is 11.7 Å². The maximum Gasteiger partial charge on any atom is 0.418 e. The van der Waals surface area contributed by atoms with Crippen molar-refractivity contribution in [2.24, 2.45) is 17.8 Å². The molecule has 3 saturated carbocycles. The van der Waals surface area contributed by atoms with Gasteiger partial charge in [-0.1, -0.05) is 0 Å². The molecular weight excluding hydrogens is 427 g/mol. The standard InChI is InChI=1S/C25H32F3N5/c1-15-21(25(26,27)28)10-17(13-29-15)22-14-33(23(30-22)9-16-3-4-16)24-19-11-18(12-20(19)24)32-7-5-31(2)6-8-32/h10,13-14,16,18-20,24H,3-9,11-12H2,1-2H3/t18?,19-,20+,24?. The fourth-order valence-electron chi connectivity index (χ4n) is 6.20. The summed E-state index contributed by atoms with van der Waals surface area (Å²) in [5, 5.41) is 0. The Bertz CT molecular complexity index is 1020. The van der Waals surface area contributed by atoms with Gasteiger partial charge in [0, 0.05) is 68.3 Å². The first kappa shape index (κ1) is 21.6. The molecule has 4 aliphatic rings. The van der Waals surface area contributed by atoms with Gasteiger partial charge in [0.1, 0.15) is 5.82 Å². The average molecular weight is 460 g/mol. The number of aromatic nitrogens is 3. The van der Waals surface area contributed by atoms with Crippen molar-refractivity contribution in [3.05, 3.63) is 35.5 Å². The van der Waals surface area contributed by atoms with Gasteiger partial charge < -0.3 is 9.47 Å². The quantitative estimate of drug-likeness (QED) is 0.663. The lowest BCUT2D eigenvalue weighted by molar-refractivity contribution is -0.138. The van der Waals surface area contributed by atoms with Gasteiger partial charge in [-0.05, 0) is 63.5 Å². The van der Waals surface area contributed by atoms with Gasteiger partial charge in [0.15, 0.2) is 0 Å². The maximum absolute atomic E-state index is 13.4. The van der Waals surface area contributed by atoms with Crippen LogP contribution in [-0.4, -0.2) is 63.6 Å². The summed E-state index contributed by atoms with van der Waals surface area (Å²) in [6, 6.07) is 2.37. The van der Waals surface area contributed by atoms with Gasteiger partial charge in [0.05, 0.1) is 11.3 Å². The molecular formula is C25H32F3N5. The van der Waals surface area contributed by atoms with E-state index in [1.807, 2.05) is 6.20 Å². The summed E-state index contributed by atoms with van der Waals surface area (Å²) in [5.41, 5.74) is 0.432. The van der Waals surface area contributed by atoms with Gasteiger partial charge in [-0.15, -0.1) is 0 Å². The van der Waals surface area contributed by atoms with Gasteiger partial charge >= 0.3 is 6.18 Å². The molecule has 0 bridgehead atoms. The molecule has 0 amide bonds. The highest BCUT2D eigenvalue weighted by Gasteiger charge is 2.58. The number of rotatable bonds is 5. The van der Waals surface area contributed by atoms with Gasteiger partial charge in [-0.2, -0.15) is 13.2 Å². The first-order valence-corrected chi connectivity index (χ1v) is 12.3. The van der Waals surface area contributed by atoms with Crippen molar-refractivity contribution >= 4 is 0 Å². The zero-order valence-electron chi connectivity index (χ0n) is 19.4. The molecule has 1 aliphatic heterocycles. The Morgan fingerprint density at radius 2 is 1.76 bits per heavy atom. The molecule has 2 aromatic heterocycles. The molecule has 5 nitrogen and oxygen atoms in total. The lowest BCUT2D eigenvalue weighted by atomic mass is 10.1. The zero-order chi connectivity index (χ0) is 22.9. The highest BCUT2D eigenvalue weighted by molar-refractivity contribution is 5.59. The Kier molecular flexibility index (Phi) is 5.11. The Labute approximate surface area is 193 Å². The van der Waals surface area contributed by atoms with Crippen LogP contribution in [0, 0.1) is 24.7 Å². The number of fused-ring (bicyclic) bond motifs is 1. The predicted molar refractivity (Wildman–Crippen MR) is 120 cm³/mol. The minimum absolute atomic E-state index is 0.00978. The molecule has 3 heterocycles. The van der Waals surface area contributed by atoms with Gasteiger partial charge in [0.2, 0.25) is 0 Å². The SMILES string of the molecule is Cc1ncc(-c2cn(C3[C@H]4CC(N5CCN(C)CC5)C[C@@H]34)c(CC3CC3)n2)cc1C(F)(F)F. The first-order valence-electron chi connectivity index (χ1n) is 12.3. The molecule has 2 unspecified atom stereocenters. The number of halogens is 3. The first-order chi connectivity index (χ1) is 15.8. The third kappa shape index (κ3) is 4.09. The molecule has 4 fully saturated rings. The topological polar surface area (TPSA) is 37.2 Å². The van der Waals surface area contributed by atoms with Crippen LogP contribution in [0.25, 0.3) is 11.3 Å². The van der Waals surface area contributed by atoms with Crippen LogP contribution in [0.5, 0.6) is 0 Å². The molecule has 2 aromatic rings. The Balaban J connectivity index is 1.23. The number of imidazole rings is 1. The summed E-state index contributed by atoms with van der Waals surface area (Å²) in [6.07, 6.45) is 5.01. The summed E-state index contributed by atoms with van der Waals surface area (Å²) in [6.45, 7) is 6.03. The van der Waals surface area contributed by atoms with E-state index in [9.17, 15) is 13.2 Å². The van der Waals surface area contributed by atoms with Crippen LogP contribution < -0.4 is 0 Å². The van der Waals surface area contributed by atoms with Gasteiger partial charge in [-0.25, -0.2) is 4.98 Å². The Hall–Kier alpha value is -1.93. The molecule has 3 aliphatic carbocycles. The van der Waals surface area contributed by atoms with Crippen LogP contribution >= 0.6 is 0 Å². The van der Waals surface area contributed by atoms with Crippen LogP contribution in [0.1, 0.15) is 48.8 Å². The monoisotopic (exact) mass is 459 g/mol. The third-order valence-corrected chi connectivity index (χ3v) is 8.42. The summed E-state index contributed by atoms with van der Waals surface area (Å²) in [7, 11) is 2.19. The van der Waals surface area contributed by atoms with E-state index in [4.69, 9.17) is 4.98 Å². The Morgan fingerprint density at radius 3 is 2.39 bits per heavy atom. The van der Waals surface area contributed by atoms with Gasteiger partial charge in [0.25, 0.3) is 0 Å². The predicted octanol–water partition coefficient (Wildman–Crippen LogP) is 4.42. The van der Waals surface area contributed by atoms with Crippen molar-refractivity contribution in [3.63, 3.8) is 0 Å². The van der Waals surface area contributed by atoms with E-state index in [0.29, 0.717) is 41.1 Å². The lowest BCUT2D eigenvalue weighted by Gasteiger charge is -2.37. The molecule has 0 spiro atoms. The number of nitrogens with zero attached hydrogens (tertiary/aromatic N) is 5. The van der Waals surface area contributed by atoms with Crippen molar-refractivity contribution in [2.75, 3.05) is 33.2 Å². The second kappa shape index (κ2) is 7.80. The number of alkyl halides is 3. The van der Waals surface area contributed by atoms with Crippen LogP contribution in [0.4, 0.5) is 13.2 Å². The minimum Gasteiger partial charge on any atom is -0.331 e. The zero-order valence-corrected chi connectivity index (χ0v) is 19.4. The van der Waals surface area contributed by atoms with E-state index in [0.717, 1.165) is 38.4 Å². The largest absolute Gasteiger partial charge is 0.418 e. The summed E-state index contributed by atoms with van der Waals surface area (Å²) in [4.78, 5) is 14.0. The number of pyridine rings is 1. The molecule has 6 rings (SSSR count). The second-order valence-corrected chi connectivity index (χ2v) is 10.7. The Morgan fingerprint density at radius 1 is 1.06 bits per heavy atom. The normalized spacial score (nSPS) is 30.6. The fraction of sp³-hybridized carbons (Fsp3) is 0.680. The minimum atomic E-state index is -4.40. The van der Waals surface area contributed by atoms with Crippen molar-refractivity contribution in [1.82, 2.24) is 24.3 Å². The number of hydrogen-bond acceptors (Lipinski definition) is 4. The molecule has 0 radical (unpaired) electrons. The third-order valence-electron chi connectivity index (χ3n) is 8.42. The molecule has 178 valence electrons. The summed E-state index contributed by atoms with van der Waals surface area (Å²) >= 11 is 0. The van der Waals surface area contributed by atoms with Crippen LogP contribution in [0.3, 0.4) is 0 Å². The van der Waals surface area contributed by atoms with Crippen LogP contribution in [0.2, 0.25) is 0 Å². The van der Waals surface area contributed by atoms with Crippen molar-refractivity contribution in [3.8, 4) is 11.3 Å². The number of likely N-dealkylation sites (N-methyl/N-ethyl adjacent to an activating group) is 1. The maximum atomic E-state index is 13.4. The number of piperazine rings is 1. The van der Waals surface area contributed by atoms with E-state index in [1.54, 1.807) is 0 Å². The fourth-order valence-corrected chi connectivity index (χ4v) is 6.20. The average Bonchev–Trinajstić information content (AvgIpc) is 3.61. The van der Waals surface area contributed by atoms with Crippen molar-refractivity contribution < 1.29 is 13.2 Å².